The van der Waals surface area contributed by atoms with Crippen LogP contribution in [-0.2, 0) is 23.5 Å². The molecule has 2 N–H and O–H groups in total. The van der Waals surface area contributed by atoms with E-state index < -0.39 is 15.6 Å². The second-order valence-electron chi connectivity index (χ2n) is 5.72. The molecule has 0 spiro atoms. The maximum atomic E-state index is 12.1. The van der Waals surface area contributed by atoms with Crippen molar-refractivity contribution in [1.82, 2.24) is 14.3 Å². The summed E-state index contributed by atoms with van der Waals surface area (Å²) in [6.07, 6.45) is 3.12. The molecule has 126 valence electrons. The Bertz CT molecular complexity index is 751. The molecule has 1 aromatic carbocycles. The standard InChI is InChI=1S/C15H21N3O4S/c1-15(19,8-12-4-6-13(22-3)7-5-12)10-17-23(20,21)14-9-18(2)11-16-14/h4-7,9,11,17,19H,8,10H2,1-3H3/t15-/m1/s1. The SMILES string of the molecule is COc1ccc(C[C@@](C)(O)CNS(=O)(=O)c2cn(C)cn2)cc1. The van der Waals surface area contributed by atoms with E-state index in [4.69, 9.17) is 4.74 Å². The summed E-state index contributed by atoms with van der Waals surface area (Å²) < 4.78 is 33.2. The van der Waals surface area contributed by atoms with Gasteiger partial charge in [-0.05, 0) is 24.6 Å². The maximum Gasteiger partial charge on any atom is 0.259 e. The van der Waals surface area contributed by atoms with Crippen LogP contribution in [0.5, 0.6) is 5.75 Å². The van der Waals surface area contributed by atoms with Crippen molar-refractivity contribution in [3.05, 3.63) is 42.4 Å². The predicted molar refractivity (Wildman–Crippen MR) is 85.7 cm³/mol. The molecular formula is C15H21N3O4S. The van der Waals surface area contributed by atoms with Crippen LogP contribution in [0.15, 0.2) is 41.8 Å². The fourth-order valence-electron chi connectivity index (χ4n) is 2.10. The molecule has 0 amide bonds. The third-order valence-electron chi connectivity index (χ3n) is 3.34. The predicted octanol–water partition coefficient (Wildman–Crippen LogP) is 0.701. The van der Waals surface area contributed by atoms with Gasteiger partial charge in [-0.2, -0.15) is 0 Å². The van der Waals surface area contributed by atoms with Gasteiger partial charge in [0, 0.05) is 26.2 Å². The Morgan fingerprint density at radius 1 is 1.35 bits per heavy atom. The van der Waals surface area contributed by atoms with Crippen LogP contribution < -0.4 is 9.46 Å². The molecule has 0 aliphatic carbocycles. The first-order valence-corrected chi connectivity index (χ1v) is 8.53. The highest BCUT2D eigenvalue weighted by molar-refractivity contribution is 7.89. The zero-order valence-corrected chi connectivity index (χ0v) is 14.2. The molecule has 2 aromatic rings. The number of sulfonamides is 1. The van der Waals surface area contributed by atoms with Gasteiger partial charge in [-0.15, -0.1) is 0 Å². The molecule has 8 heteroatoms. The molecule has 1 aromatic heterocycles. The fourth-order valence-corrected chi connectivity index (χ4v) is 3.24. The van der Waals surface area contributed by atoms with Crippen LogP contribution in [0.4, 0.5) is 0 Å². The summed E-state index contributed by atoms with van der Waals surface area (Å²) in [4.78, 5) is 3.81. The van der Waals surface area contributed by atoms with Crippen LogP contribution in [0, 0.1) is 0 Å². The van der Waals surface area contributed by atoms with Crippen molar-refractivity contribution < 1.29 is 18.3 Å². The van der Waals surface area contributed by atoms with Gasteiger partial charge >= 0.3 is 0 Å². The summed E-state index contributed by atoms with van der Waals surface area (Å²) >= 11 is 0. The van der Waals surface area contributed by atoms with Crippen molar-refractivity contribution in [2.45, 2.75) is 24.0 Å². The average molecular weight is 339 g/mol. The molecule has 0 radical (unpaired) electrons. The minimum atomic E-state index is -3.74. The van der Waals surface area contributed by atoms with Gasteiger partial charge in [0.2, 0.25) is 0 Å². The summed E-state index contributed by atoms with van der Waals surface area (Å²) in [5, 5.41) is 10.4. The molecule has 0 saturated carbocycles. The number of imidazole rings is 1. The molecule has 7 nitrogen and oxygen atoms in total. The number of aryl methyl sites for hydroxylation is 1. The van der Waals surface area contributed by atoms with Crippen molar-refractivity contribution in [3.8, 4) is 5.75 Å². The second kappa shape index (κ2) is 6.69. The molecule has 0 fully saturated rings. The lowest BCUT2D eigenvalue weighted by atomic mass is 9.97. The second-order valence-corrected chi connectivity index (χ2v) is 7.44. The number of rotatable bonds is 7. The fraction of sp³-hybridized carbons (Fsp3) is 0.400. The largest absolute Gasteiger partial charge is 0.497 e. The van der Waals surface area contributed by atoms with Crippen molar-refractivity contribution in [3.63, 3.8) is 0 Å². The van der Waals surface area contributed by atoms with Crippen LogP contribution in [-0.4, -0.2) is 42.3 Å². The number of aromatic nitrogens is 2. The third-order valence-corrected chi connectivity index (χ3v) is 4.63. The molecule has 23 heavy (non-hydrogen) atoms. The molecule has 0 unspecified atom stereocenters. The van der Waals surface area contributed by atoms with Gasteiger partial charge in [-0.25, -0.2) is 18.1 Å². The number of methoxy groups -OCH3 is 1. The van der Waals surface area contributed by atoms with Gasteiger partial charge in [0.15, 0.2) is 5.03 Å². The summed E-state index contributed by atoms with van der Waals surface area (Å²) in [7, 11) is -0.470. The summed E-state index contributed by atoms with van der Waals surface area (Å²) in [6.45, 7) is 1.47. The molecular weight excluding hydrogens is 318 g/mol. The smallest absolute Gasteiger partial charge is 0.259 e. The Labute approximate surface area is 136 Å². The van der Waals surface area contributed by atoms with Gasteiger partial charge < -0.3 is 14.4 Å². The Morgan fingerprint density at radius 3 is 2.52 bits per heavy atom. The monoisotopic (exact) mass is 339 g/mol. The van der Waals surface area contributed by atoms with Crippen LogP contribution in [0.1, 0.15) is 12.5 Å². The Balaban J connectivity index is 2.00. The third kappa shape index (κ3) is 4.78. The number of nitrogens with zero attached hydrogens (tertiary/aromatic N) is 2. The molecule has 2 rings (SSSR count). The summed E-state index contributed by atoms with van der Waals surface area (Å²) in [5.41, 5.74) is -0.344. The molecule has 1 heterocycles. The van der Waals surface area contributed by atoms with E-state index in [9.17, 15) is 13.5 Å². The van der Waals surface area contributed by atoms with Crippen molar-refractivity contribution in [2.24, 2.45) is 7.05 Å². The first kappa shape index (κ1) is 17.5. The lowest BCUT2D eigenvalue weighted by Crippen LogP contribution is -2.42. The lowest BCUT2D eigenvalue weighted by Gasteiger charge is -2.23. The van der Waals surface area contributed by atoms with Crippen LogP contribution >= 0.6 is 0 Å². The Kier molecular flexibility index (Phi) is 5.08. The van der Waals surface area contributed by atoms with Gasteiger partial charge in [-0.3, -0.25) is 0 Å². The van der Waals surface area contributed by atoms with Crippen LogP contribution in [0.25, 0.3) is 0 Å². The molecule has 0 aliphatic rings. The highest BCUT2D eigenvalue weighted by Crippen LogP contribution is 2.17. The quantitative estimate of drug-likeness (QED) is 0.774. The number of nitrogens with one attached hydrogen (secondary N) is 1. The zero-order chi connectivity index (χ0) is 17.1. The highest BCUT2D eigenvalue weighted by Gasteiger charge is 2.25. The Morgan fingerprint density at radius 2 is 2.00 bits per heavy atom. The van der Waals surface area contributed by atoms with E-state index in [2.05, 4.69) is 9.71 Å². The number of aliphatic hydroxyl groups is 1. The van der Waals surface area contributed by atoms with Crippen molar-refractivity contribution >= 4 is 10.0 Å². The van der Waals surface area contributed by atoms with Gasteiger partial charge in [0.25, 0.3) is 10.0 Å². The topological polar surface area (TPSA) is 93.5 Å². The molecule has 0 bridgehead atoms. The number of hydrogen-bond acceptors (Lipinski definition) is 5. The Hall–Kier alpha value is -1.90. The number of hydrogen-bond donors (Lipinski definition) is 2. The first-order chi connectivity index (χ1) is 10.7. The van der Waals surface area contributed by atoms with Gasteiger partial charge in [0.05, 0.1) is 19.0 Å². The van der Waals surface area contributed by atoms with Crippen LogP contribution in [0.3, 0.4) is 0 Å². The minimum Gasteiger partial charge on any atom is -0.497 e. The van der Waals surface area contributed by atoms with Crippen molar-refractivity contribution in [2.75, 3.05) is 13.7 Å². The average Bonchev–Trinajstić information content (AvgIpc) is 2.93. The van der Waals surface area contributed by atoms with E-state index >= 15 is 0 Å². The van der Waals surface area contributed by atoms with Crippen LogP contribution in [0.2, 0.25) is 0 Å². The lowest BCUT2D eigenvalue weighted by molar-refractivity contribution is 0.0657. The number of benzene rings is 1. The highest BCUT2D eigenvalue weighted by atomic mass is 32.2. The van der Waals surface area contributed by atoms with E-state index in [0.29, 0.717) is 6.42 Å². The maximum absolute atomic E-state index is 12.1. The molecule has 0 saturated heterocycles. The van der Waals surface area contributed by atoms with Crippen molar-refractivity contribution in [1.29, 1.82) is 0 Å². The van der Waals surface area contributed by atoms with E-state index in [1.165, 1.54) is 12.5 Å². The summed E-state index contributed by atoms with van der Waals surface area (Å²) in [6, 6.07) is 7.26. The van der Waals surface area contributed by atoms with Gasteiger partial charge in [-0.1, -0.05) is 12.1 Å². The summed E-state index contributed by atoms with van der Waals surface area (Å²) in [5.74, 6) is 0.726. The van der Waals surface area contributed by atoms with E-state index in [0.717, 1.165) is 11.3 Å². The van der Waals surface area contributed by atoms with Gasteiger partial charge in [0.1, 0.15) is 5.75 Å². The minimum absolute atomic E-state index is 0.0692. The number of ether oxygens (including phenoxy) is 1. The molecule has 0 aliphatic heterocycles. The zero-order valence-electron chi connectivity index (χ0n) is 13.4. The normalized spacial score (nSPS) is 14.4. The first-order valence-electron chi connectivity index (χ1n) is 7.05. The van der Waals surface area contributed by atoms with E-state index in [-0.39, 0.29) is 11.6 Å². The van der Waals surface area contributed by atoms with E-state index in [1.54, 1.807) is 37.8 Å². The van der Waals surface area contributed by atoms with E-state index in [1.807, 2.05) is 12.1 Å². The molecule has 1 atom stereocenters.